The van der Waals surface area contributed by atoms with Gasteiger partial charge in [0, 0.05) is 19.6 Å². The lowest BCUT2D eigenvalue weighted by atomic mass is 9.94. The predicted octanol–water partition coefficient (Wildman–Crippen LogP) is 3.20. The summed E-state index contributed by atoms with van der Waals surface area (Å²) in [6, 6.07) is 13.8. The Balaban J connectivity index is 1.14. The normalized spacial score (nSPS) is 17.6. The molecule has 31 heavy (non-hydrogen) atoms. The number of likely N-dealkylation sites (tertiary alicyclic amines) is 1. The van der Waals surface area contributed by atoms with Crippen molar-refractivity contribution in [1.82, 2.24) is 9.62 Å². The molecule has 1 fully saturated rings. The van der Waals surface area contributed by atoms with Crippen LogP contribution in [0, 0.1) is 11.7 Å². The fraction of sp³-hybridized carbons (Fsp3) is 0.478. The monoisotopic (exact) mass is 447 g/mol. The number of nitrogens with one attached hydrogen (secondary N) is 1. The number of ether oxygens (including phenoxy) is 1. The molecular weight excluding hydrogens is 417 g/mol. The van der Waals surface area contributed by atoms with E-state index < -0.39 is 10.2 Å². The molecule has 0 saturated carbocycles. The highest BCUT2D eigenvalue weighted by Gasteiger charge is 2.29. The maximum Gasteiger partial charge on any atom is 0.301 e. The van der Waals surface area contributed by atoms with Gasteiger partial charge in [-0.2, -0.15) is 13.1 Å². The third-order valence-electron chi connectivity index (χ3n) is 6.16. The van der Waals surface area contributed by atoms with Crippen molar-refractivity contribution in [3.05, 3.63) is 59.9 Å². The Morgan fingerprint density at radius 1 is 1.03 bits per heavy atom. The summed E-state index contributed by atoms with van der Waals surface area (Å²) in [4.78, 5) is 2.32. The zero-order valence-corrected chi connectivity index (χ0v) is 18.5. The maximum absolute atomic E-state index is 12.9. The second-order valence-corrected chi connectivity index (χ2v) is 9.91. The second kappa shape index (κ2) is 9.97. The number of piperidine rings is 1. The molecule has 2 heterocycles. The summed E-state index contributed by atoms with van der Waals surface area (Å²) in [5.74, 6) is 1.05. The maximum atomic E-state index is 12.9. The molecule has 0 unspecified atom stereocenters. The molecule has 1 N–H and O–H groups in total. The Labute approximate surface area is 184 Å². The molecule has 6 nitrogen and oxygen atoms in total. The number of benzene rings is 2. The van der Waals surface area contributed by atoms with Crippen LogP contribution in [0.25, 0.3) is 0 Å². The van der Waals surface area contributed by atoms with Crippen molar-refractivity contribution in [2.45, 2.75) is 25.7 Å². The number of anilines is 1. The van der Waals surface area contributed by atoms with Gasteiger partial charge in [-0.1, -0.05) is 18.2 Å². The van der Waals surface area contributed by atoms with Crippen LogP contribution >= 0.6 is 0 Å². The van der Waals surface area contributed by atoms with Crippen molar-refractivity contribution in [3.8, 4) is 5.75 Å². The Hall–Kier alpha value is -2.16. The van der Waals surface area contributed by atoms with Crippen molar-refractivity contribution in [2.75, 3.05) is 43.6 Å². The number of fused-ring (bicyclic) bond motifs is 1. The Morgan fingerprint density at radius 3 is 2.55 bits per heavy atom. The Kier molecular flexibility index (Phi) is 7.09. The van der Waals surface area contributed by atoms with E-state index in [1.165, 1.54) is 16.4 Å². The molecule has 0 bridgehead atoms. The standard InChI is InChI=1S/C23H30FN3O3S/c24-21-5-7-22(8-6-21)30-18-12-19-9-14-26(15-10-19)17-13-25-31(28,29)27-16-11-20-3-1-2-4-23(20)27/h1-8,19,25H,9-18H2. The van der Waals surface area contributed by atoms with Gasteiger partial charge >= 0.3 is 10.2 Å². The first-order valence-corrected chi connectivity index (χ1v) is 12.4. The van der Waals surface area contributed by atoms with Crippen LogP contribution in [0.3, 0.4) is 0 Å². The van der Waals surface area contributed by atoms with E-state index in [2.05, 4.69) is 9.62 Å². The van der Waals surface area contributed by atoms with Crippen LogP contribution < -0.4 is 13.8 Å². The summed E-state index contributed by atoms with van der Waals surface area (Å²) in [5, 5.41) is 0. The summed E-state index contributed by atoms with van der Waals surface area (Å²) in [7, 11) is -3.51. The lowest BCUT2D eigenvalue weighted by molar-refractivity contribution is 0.165. The Bertz CT molecular complexity index is 960. The SMILES string of the molecule is O=S(=O)(NCCN1CCC(CCOc2ccc(F)cc2)CC1)N1CCc2ccccc21. The van der Waals surface area contributed by atoms with Crippen molar-refractivity contribution in [3.63, 3.8) is 0 Å². The third kappa shape index (κ3) is 5.75. The number of hydrogen-bond acceptors (Lipinski definition) is 4. The van der Waals surface area contributed by atoms with Gasteiger partial charge in [0.05, 0.1) is 12.3 Å². The van der Waals surface area contributed by atoms with Crippen LogP contribution in [-0.2, 0) is 16.6 Å². The van der Waals surface area contributed by atoms with Gasteiger partial charge in [0.2, 0.25) is 0 Å². The summed E-state index contributed by atoms with van der Waals surface area (Å²) in [5.41, 5.74) is 1.87. The minimum Gasteiger partial charge on any atom is -0.494 e. The average Bonchev–Trinajstić information content (AvgIpc) is 3.21. The molecule has 4 rings (SSSR count). The molecule has 2 aromatic carbocycles. The molecule has 168 valence electrons. The highest BCUT2D eigenvalue weighted by molar-refractivity contribution is 7.90. The third-order valence-corrected chi connectivity index (χ3v) is 7.69. The highest BCUT2D eigenvalue weighted by atomic mass is 32.2. The van der Waals surface area contributed by atoms with Crippen LogP contribution in [0.2, 0.25) is 0 Å². The lowest BCUT2D eigenvalue weighted by Crippen LogP contribution is -2.44. The van der Waals surface area contributed by atoms with Crippen molar-refractivity contribution in [1.29, 1.82) is 0 Å². The van der Waals surface area contributed by atoms with E-state index in [1.54, 1.807) is 12.1 Å². The van der Waals surface area contributed by atoms with E-state index in [1.807, 2.05) is 24.3 Å². The molecule has 8 heteroatoms. The number of hydrogen-bond donors (Lipinski definition) is 1. The molecule has 0 atom stereocenters. The molecule has 1 saturated heterocycles. The van der Waals surface area contributed by atoms with Gasteiger partial charge < -0.3 is 9.64 Å². The van der Waals surface area contributed by atoms with Crippen molar-refractivity contribution >= 4 is 15.9 Å². The average molecular weight is 448 g/mol. The number of rotatable bonds is 9. The van der Waals surface area contributed by atoms with Gasteiger partial charge in [-0.3, -0.25) is 4.31 Å². The second-order valence-electron chi connectivity index (χ2n) is 8.23. The van der Waals surface area contributed by atoms with E-state index in [0.29, 0.717) is 37.9 Å². The highest BCUT2D eigenvalue weighted by Crippen LogP contribution is 2.29. The summed E-state index contributed by atoms with van der Waals surface area (Å²) in [6.45, 7) is 4.20. The zero-order valence-electron chi connectivity index (χ0n) is 17.7. The molecule has 0 radical (unpaired) electrons. The smallest absolute Gasteiger partial charge is 0.301 e. The van der Waals surface area contributed by atoms with E-state index in [9.17, 15) is 12.8 Å². The topological polar surface area (TPSA) is 61.9 Å². The summed E-state index contributed by atoms with van der Waals surface area (Å²) < 4.78 is 48.3. The molecule has 2 aliphatic heterocycles. The van der Waals surface area contributed by atoms with Crippen LogP contribution in [0.4, 0.5) is 10.1 Å². The molecule has 2 aromatic rings. The van der Waals surface area contributed by atoms with Gasteiger partial charge in [0.1, 0.15) is 11.6 Å². The fourth-order valence-corrected chi connectivity index (χ4v) is 5.62. The van der Waals surface area contributed by atoms with Gasteiger partial charge in [-0.05, 0) is 80.6 Å². The van der Waals surface area contributed by atoms with E-state index >= 15 is 0 Å². The largest absolute Gasteiger partial charge is 0.494 e. The minimum absolute atomic E-state index is 0.257. The molecule has 2 aliphatic rings. The quantitative estimate of drug-likeness (QED) is 0.641. The van der Waals surface area contributed by atoms with Crippen LogP contribution in [0.15, 0.2) is 48.5 Å². The number of halogens is 1. The molecule has 0 aromatic heterocycles. The molecule has 0 spiro atoms. The lowest BCUT2D eigenvalue weighted by Gasteiger charge is -2.32. The van der Waals surface area contributed by atoms with Crippen molar-refractivity contribution in [2.24, 2.45) is 5.92 Å². The van der Waals surface area contributed by atoms with E-state index in [0.717, 1.165) is 50.0 Å². The predicted molar refractivity (Wildman–Crippen MR) is 120 cm³/mol. The zero-order chi connectivity index (χ0) is 21.7. The number of nitrogens with zero attached hydrogens (tertiary/aromatic N) is 2. The first-order valence-electron chi connectivity index (χ1n) is 11.0. The van der Waals surface area contributed by atoms with Crippen LogP contribution in [0.1, 0.15) is 24.8 Å². The first kappa shape index (κ1) is 22.0. The van der Waals surface area contributed by atoms with Gasteiger partial charge in [-0.15, -0.1) is 0 Å². The van der Waals surface area contributed by atoms with Crippen LogP contribution in [0.5, 0.6) is 5.75 Å². The Morgan fingerprint density at radius 2 is 1.77 bits per heavy atom. The van der Waals surface area contributed by atoms with Gasteiger partial charge in [0.15, 0.2) is 0 Å². The van der Waals surface area contributed by atoms with Crippen molar-refractivity contribution < 1.29 is 17.5 Å². The van der Waals surface area contributed by atoms with E-state index in [-0.39, 0.29) is 5.82 Å². The van der Waals surface area contributed by atoms with Crippen LogP contribution in [-0.4, -0.2) is 52.6 Å². The fourth-order valence-electron chi connectivity index (χ4n) is 4.34. The summed E-state index contributed by atoms with van der Waals surface area (Å²) >= 11 is 0. The van der Waals surface area contributed by atoms with Gasteiger partial charge in [-0.25, -0.2) is 4.39 Å². The number of para-hydroxylation sites is 1. The molecule has 0 amide bonds. The molecule has 0 aliphatic carbocycles. The summed E-state index contributed by atoms with van der Waals surface area (Å²) in [6.07, 6.45) is 3.90. The molecular formula is C23H30FN3O3S. The first-order chi connectivity index (χ1) is 15.0. The van der Waals surface area contributed by atoms with Gasteiger partial charge in [0.25, 0.3) is 0 Å². The van der Waals surface area contributed by atoms with E-state index in [4.69, 9.17) is 4.74 Å². The minimum atomic E-state index is -3.51.